The summed E-state index contributed by atoms with van der Waals surface area (Å²) in [7, 11) is 0. The van der Waals surface area contributed by atoms with E-state index in [1.54, 1.807) is 49.8 Å². The Kier molecular flexibility index (Phi) is 5.22. The molecule has 0 spiro atoms. The van der Waals surface area contributed by atoms with E-state index in [0.717, 1.165) is 27.5 Å². The fraction of sp³-hybridized carbons (Fsp3) is 0.0741. The van der Waals surface area contributed by atoms with Crippen molar-refractivity contribution < 1.29 is 9.18 Å². The van der Waals surface area contributed by atoms with Crippen LogP contribution in [0.25, 0.3) is 55.8 Å². The molecule has 6 aromatic rings. The minimum Gasteiger partial charge on any atom is -0.336 e. The van der Waals surface area contributed by atoms with Gasteiger partial charge in [-0.25, -0.2) is 9.37 Å². The Labute approximate surface area is 204 Å². The minimum atomic E-state index is -0.358. The number of aromatic amines is 2. The molecule has 4 aromatic heterocycles. The van der Waals surface area contributed by atoms with Crippen molar-refractivity contribution in [1.82, 2.24) is 30.1 Å². The van der Waals surface area contributed by atoms with Gasteiger partial charge in [0.2, 0.25) is 5.91 Å². The van der Waals surface area contributed by atoms with Gasteiger partial charge in [-0.2, -0.15) is 5.10 Å². The summed E-state index contributed by atoms with van der Waals surface area (Å²) in [5.41, 5.74) is 6.02. The predicted molar refractivity (Wildman–Crippen MR) is 137 cm³/mol. The maximum absolute atomic E-state index is 14.5. The van der Waals surface area contributed by atoms with E-state index >= 15 is 0 Å². The second-order valence-corrected chi connectivity index (χ2v) is 8.32. The number of nitrogens with one attached hydrogen (secondary N) is 3. The van der Waals surface area contributed by atoms with Crippen LogP contribution in [0.2, 0.25) is 0 Å². The van der Waals surface area contributed by atoms with Crippen molar-refractivity contribution in [1.29, 1.82) is 0 Å². The fourth-order valence-electron chi connectivity index (χ4n) is 4.19. The number of H-pyrrole nitrogens is 2. The van der Waals surface area contributed by atoms with Crippen molar-refractivity contribution in [3.8, 4) is 33.9 Å². The third-order valence-corrected chi connectivity index (χ3v) is 5.99. The molecular formula is C27H20FN7O. The van der Waals surface area contributed by atoms with Crippen molar-refractivity contribution in [2.24, 2.45) is 0 Å². The molecule has 36 heavy (non-hydrogen) atoms. The van der Waals surface area contributed by atoms with Gasteiger partial charge in [0.05, 0.1) is 22.9 Å². The fourth-order valence-corrected chi connectivity index (χ4v) is 4.19. The molecule has 0 radical (unpaired) electrons. The van der Waals surface area contributed by atoms with Crippen LogP contribution in [0.3, 0.4) is 0 Å². The average molecular weight is 478 g/mol. The van der Waals surface area contributed by atoms with Crippen LogP contribution in [-0.2, 0) is 4.79 Å². The van der Waals surface area contributed by atoms with Gasteiger partial charge in [-0.05, 0) is 42.0 Å². The molecule has 0 saturated heterocycles. The SMILES string of the molecule is CCC(=O)Nc1cncc(-c2ccc3[nH]nc(-c4nc5c(-c6ccccc6F)nccc5[nH]4)c3c2)c1. The number of carbonyl (C=O) groups is 1. The minimum absolute atomic E-state index is 0.0735. The summed E-state index contributed by atoms with van der Waals surface area (Å²) in [6, 6.07) is 16.1. The Morgan fingerprint density at radius 3 is 2.75 bits per heavy atom. The molecule has 0 aliphatic heterocycles. The van der Waals surface area contributed by atoms with Crippen molar-refractivity contribution in [3.05, 3.63) is 79.0 Å². The number of halogens is 1. The number of hydrogen-bond donors (Lipinski definition) is 3. The molecule has 0 aliphatic rings. The molecule has 8 nitrogen and oxygen atoms in total. The Morgan fingerprint density at radius 2 is 1.89 bits per heavy atom. The topological polar surface area (TPSA) is 112 Å². The zero-order valence-electron chi connectivity index (χ0n) is 19.2. The van der Waals surface area contributed by atoms with E-state index in [9.17, 15) is 9.18 Å². The van der Waals surface area contributed by atoms with Gasteiger partial charge in [-0.1, -0.05) is 25.1 Å². The van der Waals surface area contributed by atoms with E-state index in [1.807, 2.05) is 24.3 Å². The first kappa shape index (κ1) is 21.6. The van der Waals surface area contributed by atoms with E-state index in [1.165, 1.54) is 6.07 Å². The van der Waals surface area contributed by atoms with Gasteiger partial charge in [-0.3, -0.25) is 19.9 Å². The average Bonchev–Trinajstić information content (AvgIpc) is 3.52. The first-order chi connectivity index (χ1) is 17.6. The number of pyridine rings is 2. The lowest BCUT2D eigenvalue weighted by Crippen LogP contribution is -2.09. The lowest BCUT2D eigenvalue weighted by Gasteiger charge is -2.06. The maximum atomic E-state index is 14.5. The molecule has 9 heteroatoms. The summed E-state index contributed by atoms with van der Waals surface area (Å²) in [6.45, 7) is 1.80. The normalized spacial score (nSPS) is 11.3. The molecule has 0 atom stereocenters. The molecule has 0 unspecified atom stereocenters. The largest absolute Gasteiger partial charge is 0.336 e. The van der Waals surface area contributed by atoms with Crippen molar-refractivity contribution in [3.63, 3.8) is 0 Å². The molecule has 6 rings (SSSR count). The number of nitrogens with zero attached hydrogens (tertiary/aromatic N) is 4. The second kappa shape index (κ2) is 8.70. The highest BCUT2D eigenvalue weighted by Gasteiger charge is 2.17. The van der Waals surface area contributed by atoms with Crippen LogP contribution < -0.4 is 5.32 Å². The van der Waals surface area contributed by atoms with Gasteiger partial charge in [0.1, 0.15) is 22.7 Å². The predicted octanol–water partition coefficient (Wildman–Crippen LogP) is 5.72. The summed E-state index contributed by atoms with van der Waals surface area (Å²) < 4.78 is 14.5. The van der Waals surface area contributed by atoms with Gasteiger partial charge in [0, 0.05) is 35.3 Å². The maximum Gasteiger partial charge on any atom is 0.224 e. The molecule has 176 valence electrons. The Morgan fingerprint density at radius 1 is 1.00 bits per heavy atom. The standard InChI is InChI=1S/C27H20FN7O/c1-2-23(36)31-17-11-16(13-29-14-17)15-7-8-21-19(12-15)25(35-34-21)27-32-22-9-10-30-24(26(22)33-27)18-5-3-4-6-20(18)28/h3-14H,2H2,1H3,(H,31,36)(H,32,33)(H,34,35). The van der Waals surface area contributed by atoms with Gasteiger partial charge in [0.25, 0.3) is 0 Å². The number of amides is 1. The summed E-state index contributed by atoms with van der Waals surface area (Å²) in [4.78, 5) is 28.5. The first-order valence-corrected chi connectivity index (χ1v) is 11.4. The lowest BCUT2D eigenvalue weighted by molar-refractivity contribution is -0.115. The molecule has 3 N–H and O–H groups in total. The van der Waals surface area contributed by atoms with Crippen LogP contribution in [0.4, 0.5) is 10.1 Å². The first-order valence-electron chi connectivity index (χ1n) is 11.4. The van der Waals surface area contributed by atoms with Crippen LogP contribution in [0.5, 0.6) is 0 Å². The number of fused-ring (bicyclic) bond motifs is 2. The summed E-state index contributed by atoms with van der Waals surface area (Å²) in [6.07, 6.45) is 5.38. The van der Waals surface area contributed by atoms with Crippen LogP contribution in [0, 0.1) is 5.82 Å². The molecule has 0 aliphatic carbocycles. The number of carbonyl (C=O) groups excluding carboxylic acids is 1. The quantitative estimate of drug-likeness (QED) is 0.294. The van der Waals surface area contributed by atoms with Gasteiger partial charge >= 0.3 is 0 Å². The number of benzene rings is 2. The van der Waals surface area contributed by atoms with Crippen molar-refractivity contribution >= 4 is 33.5 Å². The molecule has 0 bridgehead atoms. The number of hydrogen-bond acceptors (Lipinski definition) is 5. The van der Waals surface area contributed by atoms with Crippen molar-refractivity contribution in [2.45, 2.75) is 13.3 Å². The smallest absolute Gasteiger partial charge is 0.224 e. The highest BCUT2D eigenvalue weighted by molar-refractivity contribution is 5.98. The Bertz CT molecular complexity index is 1750. The monoisotopic (exact) mass is 477 g/mol. The summed E-state index contributed by atoms with van der Waals surface area (Å²) >= 11 is 0. The van der Waals surface area contributed by atoms with E-state index < -0.39 is 0 Å². The molecular weight excluding hydrogens is 457 g/mol. The van der Waals surface area contributed by atoms with Crippen molar-refractivity contribution in [2.75, 3.05) is 5.32 Å². The van der Waals surface area contributed by atoms with E-state index in [0.29, 0.717) is 40.4 Å². The molecule has 4 heterocycles. The third kappa shape index (κ3) is 3.76. The van der Waals surface area contributed by atoms with Crippen LogP contribution in [-0.4, -0.2) is 36.0 Å². The second-order valence-electron chi connectivity index (χ2n) is 8.32. The van der Waals surface area contributed by atoms with E-state index in [4.69, 9.17) is 4.98 Å². The van der Waals surface area contributed by atoms with Crippen LogP contribution >= 0.6 is 0 Å². The van der Waals surface area contributed by atoms with Crippen LogP contribution in [0.15, 0.2) is 73.2 Å². The number of anilines is 1. The molecule has 0 fully saturated rings. The molecule has 1 amide bonds. The van der Waals surface area contributed by atoms with Gasteiger partial charge in [0.15, 0.2) is 5.82 Å². The summed E-state index contributed by atoms with van der Waals surface area (Å²) in [5.74, 6) is 0.111. The zero-order valence-corrected chi connectivity index (χ0v) is 19.2. The zero-order chi connectivity index (χ0) is 24.6. The molecule has 2 aromatic carbocycles. The van der Waals surface area contributed by atoms with Gasteiger partial charge in [-0.15, -0.1) is 0 Å². The van der Waals surface area contributed by atoms with E-state index in [-0.39, 0.29) is 11.7 Å². The number of imidazole rings is 1. The summed E-state index contributed by atoms with van der Waals surface area (Å²) in [5, 5.41) is 11.2. The number of aromatic nitrogens is 6. The van der Waals surface area contributed by atoms with E-state index in [2.05, 4.69) is 30.5 Å². The highest BCUT2D eigenvalue weighted by Crippen LogP contribution is 2.33. The highest BCUT2D eigenvalue weighted by atomic mass is 19.1. The third-order valence-electron chi connectivity index (χ3n) is 5.99. The Hall–Kier alpha value is -4.92. The van der Waals surface area contributed by atoms with Crippen LogP contribution in [0.1, 0.15) is 13.3 Å². The lowest BCUT2D eigenvalue weighted by atomic mass is 10.0. The number of rotatable bonds is 5. The Balaban J connectivity index is 1.44. The molecule has 0 saturated carbocycles. The van der Waals surface area contributed by atoms with Gasteiger partial charge < -0.3 is 10.3 Å².